The van der Waals surface area contributed by atoms with Gasteiger partial charge >= 0.3 is 0 Å². The van der Waals surface area contributed by atoms with Crippen molar-refractivity contribution in [3.8, 4) is 0 Å². The van der Waals surface area contributed by atoms with E-state index in [1.165, 1.54) is 6.42 Å². The molecule has 43 heavy (non-hydrogen) atoms. The lowest BCUT2D eigenvalue weighted by Gasteiger charge is -2.60. The van der Waals surface area contributed by atoms with E-state index >= 15 is 0 Å². The molecule has 6 rings (SSSR count). The van der Waals surface area contributed by atoms with Crippen LogP contribution in [0.25, 0.3) is 0 Å². The van der Waals surface area contributed by atoms with Crippen LogP contribution in [-0.4, -0.2) is 74.2 Å². The number of nitrogens with one attached hydrogen (secondary N) is 2. The Labute approximate surface area is 259 Å². The number of hydrogen-bond donors (Lipinski definition) is 2. The Morgan fingerprint density at radius 3 is 2.51 bits per heavy atom. The van der Waals surface area contributed by atoms with Crippen LogP contribution in [0.15, 0.2) is 0 Å². The largest absolute Gasteiger partial charge is 0.356 e. The van der Waals surface area contributed by atoms with E-state index in [0.717, 1.165) is 64.5 Å². The summed E-state index contributed by atoms with van der Waals surface area (Å²) in [5.74, 6) is 2.55. The van der Waals surface area contributed by atoms with Crippen molar-refractivity contribution >= 4 is 17.6 Å². The molecule has 8 nitrogen and oxygen atoms in total. The first-order chi connectivity index (χ1) is 20.4. The van der Waals surface area contributed by atoms with Gasteiger partial charge in [-0.25, -0.2) is 0 Å². The molecule has 2 N–H and O–H groups in total. The molecule has 4 aliphatic carbocycles. The van der Waals surface area contributed by atoms with Gasteiger partial charge in [-0.3, -0.25) is 14.4 Å². The lowest BCUT2D eigenvalue weighted by molar-refractivity contribution is -0.272. The molecule has 2 amide bonds. The molecule has 2 saturated heterocycles. The second kappa shape index (κ2) is 11.7. The van der Waals surface area contributed by atoms with Crippen molar-refractivity contribution in [2.24, 2.45) is 52.3 Å². The molecule has 0 radical (unpaired) electrons. The van der Waals surface area contributed by atoms with Crippen LogP contribution in [-0.2, 0) is 23.9 Å². The minimum atomic E-state index is -0.494. The van der Waals surface area contributed by atoms with Gasteiger partial charge in [0.2, 0.25) is 11.8 Å². The maximum atomic E-state index is 14.3. The van der Waals surface area contributed by atoms with Crippen LogP contribution in [0, 0.1) is 52.3 Å². The van der Waals surface area contributed by atoms with E-state index in [-0.39, 0.29) is 53.0 Å². The molecule has 2 heterocycles. The summed E-state index contributed by atoms with van der Waals surface area (Å²) in [5.41, 5.74) is -0.193. The third kappa shape index (κ3) is 5.39. The van der Waals surface area contributed by atoms with E-state index in [1.807, 2.05) is 14.1 Å². The van der Waals surface area contributed by atoms with Gasteiger partial charge in [0, 0.05) is 42.7 Å². The lowest BCUT2D eigenvalue weighted by Crippen LogP contribution is -2.59. The van der Waals surface area contributed by atoms with Gasteiger partial charge in [-0.1, -0.05) is 27.7 Å². The molecule has 1 spiro atoms. The van der Waals surface area contributed by atoms with Crippen molar-refractivity contribution in [2.75, 3.05) is 33.8 Å². The third-order valence-electron chi connectivity index (χ3n) is 13.6. The van der Waals surface area contributed by atoms with E-state index in [9.17, 15) is 14.4 Å². The predicted molar refractivity (Wildman–Crippen MR) is 165 cm³/mol. The van der Waals surface area contributed by atoms with E-state index < -0.39 is 5.79 Å². The molecule has 12 atom stereocenters. The fourth-order valence-electron chi connectivity index (χ4n) is 11.2. The van der Waals surface area contributed by atoms with Gasteiger partial charge in [0.1, 0.15) is 12.2 Å². The van der Waals surface area contributed by atoms with E-state index in [2.05, 4.69) is 43.2 Å². The number of carbonyl (C=O) groups excluding carboxylic acids is 3. The Hall–Kier alpha value is -1.51. The van der Waals surface area contributed by atoms with Crippen LogP contribution in [0.3, 0.4) is 0 Å². The number of hydrogen-bond acceptors (Lipinski definition) is 6. The van der Waals surface area contributed by atoms with E-state index in [1.54, 1.807) is 0 Å². The third-order valence-corrected chi connectivity index (χ3v) is 13.6. The average molecular weight is 600 g/mol. The zero-order chi connectivity index (χ0) is 30.7. The summed E-state index contributed by atoms with van der Waals surface area (Å²) in [7, 11) is 4.02. The van der Waals surface area contributed by atoms with Crippen LogP contribution in [0.5, 0.6) is 0 Å². The summed E-state index contributed by atoms with van der Waals surface area (Å²) in [6, 6.07) is 0.114. The summed E-state index contributed by atoms with van der Waals surface area (Å²) in [6.45, 7) is 11.6. The molecule has 0 aromatic rings. The number of amides is 2. The molecule has 6 aliphatic rings. The smallest absolute Gasteiger partial charge is 0.229 e. The minimum Gasteiger partial charge on any atom is -0.356 e. The molecule has 0 aromatic heterocycles. The van der Waals surface area contributed by atoms with Crippen molar-refractivity contribution in [1.82, 2.24) is 15.5 Å². The second-order valence-electron chi connectivity index (χ2n) is 16.3. The highest BCUT2D eigenvalue weighted by atomic mass is 16.7. The van der Waals surface area contributed by atoms with Crippen molar-refractivity contribution in [3.05, 3.63) is 0 Å². The molecule has 242 valence electrons. The lowest BCUT2D eigenvalue weighted by atomic mass is 9.44. The van der Waals surface area contributed by atoms with E-state index in [0.29, 0.717) is 48.3 Å². The van der Waals surface area contributed by atoms with Gasteiger partial charge in [-0.15, -0.1) is 0 Å². The number of Topliss-reactive ketones (excluding diaryl/α,β-unsaturated/α-hetero) is 1. The number of nitrogens with zero attached hydrogens (tertiary/aromatic N) is 1. The van der Waals surface area contributed by atoms with E-state index in [4.69, 9.17) is 9.47 Å². The molecule has 8 heteroatoms. The van der Waals surface area contributed by atoms with Crippen molar-refractivity contribution in [3.63, 3.8) is 0 Å². The highest BCUT2D eigenvalue weighted by molar-refractivity contribution is 5.97. The Bertz CT molecular complexity index is 1090. The maximum absolute atomic E-state index is 14.3. The van der Waals surface area contributed by atoms with Gasteiger partial charge < -0.3 is 25.0 Å². The fraction of sp³-hybridized carbons (Fsp3) is 0.914. The molecule has 4 saturated carbocycles. The zero-order valence-electron chi connectivity index (χ0n) is 27.6. The SMILES string of the molecule is C[C@@H]1CC[C@@]2(OC1)O[C@H]1C[C@H]3[C@@H]4CC[C@H]5C[C@H](NC(=O)CC(=O)NCCCN(C)C)CC[C@]5(C)[C@H]4CC(=O)[C@]3(C)[C@H]1[C@@H]2C. The number of ether oxygens (including phenoxy) is 2. The standard InChI is InChI=1S/C35H57N3O5/c1-21-10-13-35(42-20-21)22(2)32-28(43-35)17-27-25-9-8-23-16-24(37-31(41)19-30(40)36-14-7-15-38(5)6)11-12-33(23,3)26(25)18-29(39)34(27,32)4/h21-28,32H,7-20H2,1-6H3,(H,36,40)(H,37,41)/t21-,22+,23+,24-,25-,26+,27+,28+,32+,33+,34-,35-/m1/s1. The topological polar surface area (TPSA) is 97.0 Å². The number of ketones is 1. The normalized spacial score (nSPS) is 47.0. The Balaban J connectivity index is 1.07. The minimum absolute atomic E-state index is 0.103. The predicted octanol–water partition coefficient (Wildman–Crippen LogP) is 4.55. The number of fused-ring (bicyclic) bond motifs is 7. The molecule has 0 bridgehead atoms. The average Bonchev–Trinajstić information content (AvgIpc) is 3.40. The summed E-state index contributed by atoms with van der Waals surface area (Å²) in [5, 5.41) is 6.07. The fourth-order valence-corrected chi connectivity index (χ4v) is 11.2. The van der Waals surface area contributed by atoms with Crippen LogP contribution in [0.2, 0.25) is 0 Å². The zero-order valence-corrected chi connectivity index (χ0v) is 27.6. The van der Waals surface area contributed by atoms with Crippen LogP contribution in [0.1, 0.15) is 98.3 Å². The van der Waals surface area contributed by atoms with Crippen LogP contribution < -0.4 is 10.6 Å². The Morgan fingerprint density at radius 1 is 1.00 bits per heavy atom. The van der Waals surface area contributed by atoms with Gasteiger partial charge in [-0.05, 0) is 107 Å². The molecule has 0 aromatic carbocycles. The molecule has 6 fully saturated rings. The quantitative estimate of drug-likeness (QED) is 0.329. The summed E-state index contributed by atoms with van der Waals surface area (Å²) in [4.78, 5) is 41.4. The monoisotopic (exact) mass is 599 g/mol. The molecular weight excluding hydrogens is 542 g/mol. The second-order valence-corrected chi connectivity index (χ2v) is 16.3. The molecule has 2 aliphatic heterocycles. The first-order valence-electron chi connectivity index (χ1n) is 17.4. The number of carbonyl (C=O) groups is 3. The summed E-state index contributed by atoms with van der Waals surface area (Å²) in [6.07, 6.45) is 9.90. The van der Waals surface area contributed by atoms with Crippen molar-refractivity contribution < 1.29 is 23.9 Å². The Kier molecular flexibility index (Phi) is 8.56. The van der Waals surface area contributed by atoms with Crippen LogP contribution in [0.4, 0.5) is 0 Å². The van der Waals surface area contributed by atoms with Crippen molar-refractivity contribution in [1.29, 1.82) is 0 Å². The first-order valence-corrected chi connectivity index (χ1v) is 17.4. The van der Waals surface area contributed by atoms with Gasteiger partial charge in [0.25, 0.3) is 0 Å². The maximum Gasteiger partial charge on any atom is 0.229 e. The first kappa shape index (κ1) is 31.5. The summed E-state index contributed by atoms with van der Waals surface area (Å²) >= 11 is 0. The molecule has 0 unspecified atom stereocenters. The highest BCUT2D eigenvalue weighted by Crippen LogP contribution is 2.70. The van der Waals surface area contributed by atoms with Gasteiger partial charge in [-0.2, -0.15) is 0 Å². The molecular formula is C35H57N3O5. The number of rotatable bonds is 7. The Morgan fingerprint density at radius 2 is 1.79 bits per heavy atom. The van der Waals surface area contributed by atoms with Crippen LogP contribution >= 0.6 is 0 Å². The van der Waals surface area contributed by atoms with Crippen molar-refractivity contribution in [2.45, 2.75) is 116 Å². The highest BCUT2D eigenvalue weighted by Gasteiger charge is 2.71. The summed E-state index contributed by atoms with van der Waals surface area (Å²) < 4.78 is 13.3. The van der Waals surface area contributed by atoms with Gasteiger partial charge in [0.05, 0.1) is 12.7 Å². The van der Waals surface area contributed by atoms with Gasteiger partial charge in [0.15, 0.2) is 5.79 Å².